The average molecular weight is 256 g/mol. The molecule has 3 aromatic rings. The van der Waals surface area contributed by atoms with Crippen LogP contribution in [-0.4, -0.2) is 15.0 Å². The molecule has 0 spiro atoms. The minimum atomic E-state index is 0.726. The van der Waals surface area contributed by atoms with E-state index in [9.17, 15) is 0 Å². The Labute approximate surface area is 109 Å². The second-order valence-electron chi connectivity index (χ2n) is 4.02. The quantitative estimate of drug-likeness (QED) is 0.782. The molecule has 0 fully saturated rings. The van der Waals surface area contributed by atoms with Crippen LogP contribution in [0.15, 0.2) is 36.9 Å². The smallest absolute Gasteiger partial charge is 0.115 e. The number of thiazole rings is 1. The molecule has 2 aromatic heterocycles. The third-order valence-electron chi connectivity index (χ3n) is 2.61. The fourth-order valence-electron chi connectivity index (χ4n) is 1.78. The van der Waals surface area contributed by atoms with Crippen LogP contribution in [0.5, 0.6) is 0 Å². The molecular weight excluding hydrogens is 244 g/mol. The molecule has 0 aliphatic rings. The third-order valence-corrected chi connectivity index (χ3v) is 3.54. The summed E-state index contributed by atoms with van der Waals surface area (Å²) in [6.45, 7) is 2.75. The number of rotatable bonds is 3. The standard InChI is InChI=1S/C13H12N4S/c1-9-17-12-3-2-11(4-13(12)18-9)16-7-10-5-14-8-15-6-10/h2-6,8,16H,7H2,1H3. The second-order valence-corrected chi connectivity index (χ2v) is 5.25. The monoisotopic (exact) mass is 256 g/mol. The molecule has 0 aliphatic carbocycles. The summed E-state index contributed by atoms with van der Waals surface area (Å²) in [5.74, 6) is 0. The van der Waals surface area contributed by atoms with E-state index in [1.807, 2.05) is 31.5 Å². The summed E-state index contributed by atoms with van der Waals surface area (Å²) in [5, 5.41) is 4.46. The van der Waals surface area contributed by atoms with Gasteiger partial charge in [-0.15, -0.1) is 11.3 Å². The van der Waals surface area contributed by atoms with Crippen LogP contribution in [0.25, 0.3) is 10.2 Å². The van der Waals surface area contributed by atoms with Gasteiger partial charge in [-0.2, -0.15) is 0 Å². The van der Waals surface area contributed by atoms with Gasteiger partial charge in [0.05, 0.1) is 15.2 Å². The van der Waals surface area contributed by atoms with Gasteiger partial charge < -0.3 is 5.32 Å². The summed E-state index contributed by atoms with van der Waals surface area (Å²) in [6, 6.07) is 6.22. The molecule has 0 bridgehead atoms. The first-order chi connectivity index (χ1) is 8.81. The Hall–Kier alpha value is -2.01. The van der Waals surface area contributed by atoms with Crippen molar-refractivity contribution in [3.8, 4) is 0 Å². The summed E-state index contributed by atoms with van der Waals surface area (Å²) in [5.41, 5.74) is 3.22. The number of benzene rings is 1. The number of aryl methyl sites for hydroxylation is 1. The fourth-order valence-corrected chi connectivity index (χ4v) is 2.64. The molecule has 1 N–H and O–H groups in total. The van der Waals surface area contributed by atoms with Crippen LogP contribution in [0.2, 0.25) is 0 Å². The molecule has 0 amide bonds. The van der Waals surface area contributed by atoms with Crippen molar-refractivity contribution in [2.24, 2.45) is 0 Å². The van der Waals surface area contributed by atoms with E-state index < -0.39 is 0 Å². The normalized spacial score (nSPS) is 10.7. The molecule has 3 rings (SSSR count). The summed E-state index contributed by atoms with van der Waals surface area (Å²) >= 11 is 1.71. The van der Waals surface area contributed by atoms with Gasteiger partial charge in [-0.05, 0) is 25.1 Å². The largest absolute Gasteiger partial charge is 0.381 e. The van der Waals surface area contributed by atoms with Crippen molar-refractivity contribution < 1.29 is 0 Å². The maximum Gasteiger partial charge on any atom is 0.115 e. The SMILES string of the molecule is Cc1nc2ccc(NCc3cncnc3)cc2s1. The first-order valence-electron chi connectivity index (χ1n) is 5.66. The summed E-state index contributed by atoms with van der Waals surface area (Å²) in [6.07, 6.45) is 5.17. The van der Waals surface area contributed by atoms with Gasteiger partial charge >= 0.3 is 0 Å². The number of nitrogens with one attached hydrogen (secondary N) is 1. The van der Waals surface area contributed by atoms with E-state index in [1.165, 1.54) is 11.0 Å². The van der Waals surface area contributed by atoms with E-state index >= 15 is 0 Å². The van der Waals surface area contributed by atoms with Gasteiger partial charge in [0.2, 0.25) is 0 Å². The Bertz CT molecular complexity index is 663. The molecule has 0 atom stereocenters. The van der Waals surface area contributed by atoms with E-state index in [0.29, 0.717) is 0 Å². The molecular formula is C13H12N4S. The highest BCUT2D eigenvalue weighted by molar-refractivity contribution is 7.18. The highest BCUT2D eigenvalue weighted by Crippen LogP contribution is 2.24. The molecule has 1 aromatic carbocycles. The highest BCUT2D eigenvalue weighted by Gasteiger charge is 2.01. The predicted octanol–water partition coefficient (Wildman–Crippen LogP) is 3.01. The van der Waals surface area contributed by atoms with Crippen molar-refractivity contribution in [2.45, 2.75) is 13.5 Å². The molecule has 0 saturated heterocycles. The van der Waals surface area contributed by atoms with Crippen LogP contribution in [0, 0.1) is 6.92 Å². The molecule has 4 nitrogen and oxygen atoms in total. The summed E-state index contributed by atoms with van der Waals surface area (Å²) in [7, 11) is 0. The van der Waals surface area contributed by atoms with Crippen LogP contribution >= 0.6 is 11.3 Å². The van der Waals surface area contributed by atoms with Crippen molar-refractivity contribution in [1.82, 2.24) is 15.0 Å². The molecule has 0 radical (unpaired) electrons. The topological polar surface area (TPSA) is 50.7 Å². The Morgan fingerprint density at radius 2 is 2.06 bits per heavy atom. The summed E-state index contributed by atoms with van der Waals surface area (Å²) < 4.78 is 1.21. The van der Waals surface area contributed by atoms with Gasteiger partial charge in [0.1, 0.15) is 6.33 Å². The van der Waals surface area contributed by atoms with Gasteiger partial charge in [0, 0.05) is 30.2 Å². The van der Waals surface area contributed by atoms with Crippen molar-refractivity contribution >= 4 is 27.2 Å². The second kappa shape index (κ2) is 4.70. The number of nitrogens with zero attached hydrogens (tertiary/aromatic N) is 3. The van der Waals surface area contributed by atoms with Crippen molar-refractivity contribution in [3.05, 3.63) is 47.5 Å². The van der Waals surface area contributed by atoms with E-state index in [-0.39, 0.29) is 0 Å². The highest BCUT2D eigenvalue weighted by atomic mass is 32.1. The number of hydrogen-bond acceptors (Lipinski definition) is 5. The van der Waals surface area contributed by atoms with Gasteiger partial charge in [-0.1, -0.05) is 0 Å². The molecule has 0 saturated carbocycles. The van der Waals surface area contributed by atoms with E-state index in [0.717, 1.165) is 28.3 Å². The van der Waals surface area contributed by atoms with Gasteiger partial charge in [0.25, 0.3) is 0 Å². The van der Waals surface area contributed by atoms with E-state index in [2.05, 4.69) is 26.3 Å². The first-order valence-corrected chi connectivity index (χ1v) is 6.48. The maximum atomic E-state index is 4.44. The Morgan fingerprint density at radius 1 is 1.22 bits per heavy atom. The number of fused-ring (bicyclic) bond motifs is 1. The van der Waals surface area contributed by atoms with Crippen LogP contribution in [0.4, 0.5) is 5.69 Å². The third kappa shape index (κ3) is 2.31. The van der Waals surface area contributed by atoms with Crippen LogP contribution in [-0.2, 0) is 6.54 Å². The lowest BCUT2D eigenvalue weighted by molar-refractivity contribution is 1.05. The lowest BCUT2D eigenvalue weighted by Gasteiger charge is -2.05. The van der Waals surface area contributed by atoms with Gasteiger partial charge in [-0.25, -0.2) is 15.0 Å². The van der Waals surface area contributed by atoms with Crippen LogP contribution in [0.3, 0.4) is 0 Å². The molecule has 2 heterocycles. The number of hydrogen-bond donors (Lipinski definition) is 1. The van der Waals surface area contributed by atoms with E-state index in [1.54, 1.807) is 11.3 Å². The van der Waals surface area contributed by atoms with Crippen molar-refractivity contribution in [2.75, 3.05) is 5.32 Å². The lowest BCUT2D eigenvalue weighted by Crippen LogP contribution is -1.99. The predicted molar refractivity (Wildman–Crippen MR) is 73.7 cm³/mol. The molecule has 5 heteroatoms. The number of anilines is 1. The maximum absolute atomic E-state index is 4.44. The van der Waals surface area contributed by atoms with Crippen LogP contribution in [0.1, 0.15) is 10.6 Å². The zero-order chi connectivity index (χ0) is 12.4. The van der Waals surface area contributed by atoms with Gasteiger partial charge in [-0.3, -0.25) is 0 Å². The Morgan fingerprint density at radius 3 is 2.89 bits per heavy atom. The van der Waals surface area contributed by atoms with Gasteiger partial charge in [0.15, 0.2) is 0 Å². The van der Waals surface area contributed by atoms with Crippen molar-refractivity contribution in [3.63, 3.8) is 0 Å². The lowest BCUT2D eigenvalue weighted by atomic mass is 10.2. The molecule has 18 heavy (non-hydrogen) atoms. The number of aromatic nitrogens is 3. The minimum Gasteiger partial charge on any atom is -0.381 e. The average Bonchev–Trinajstić information content (AvgIpc) is 2.77. The molecule has 90 valence electrons. The Balaban J connectivity index is 1.78. The van der Waals surface area contributed by atoms with E-state index in [4.69, 9.17) is 0 Å². The molecule has 0 aliphatic heterocycles. The molecule has 0 unspecified atom stereocenters. The first kappa shape index (κ1) is 11.1. The van der Waals surface area contributed by atoms with Crippen LogP contribution < -0.4 is 5.32 Å². The van der Waals surface area contributed by atoms with Crippen molar-refractivity contribution in [1.29, 1.82) is 0 Å². The Kier molecular flexibility index (Phi) is 2.90. The fraction of sp³-hybridized carbons (Fsp3) is 0.154. The zero-order valence-electron chi connectivity index (χ0n) is 9.92. The zero-order valence-corrected chi connectivity index (χ0v) is 10.7. The summed E-state index contributed by atoms with van der Waals surface area (Å²) in [4.78, 5) is 12.4. The minimum absolute atomic E-state index is 0.726.